The quantitative estimate of drug-likeness (QED) is 0.0243. The number of hydrogen-bond acceptors (Lipinski definition) is 5. The standard InChI is InChI=1S/C76H131N2O6P/c1-6-8-10-12-14-16-18-20-22-24-26-28-30-32-34-35-36-37-38-39-40-41-42-43-44-46-48-50-52-54-56-58-60-62-64-66-68-70-76(80)77-74(73-84-85(81,82)83-72-71-78(3,4)5)75(79)69-67-65-63-61-59-57-55-53-51-49-47-45-33-31-29-27-25-23-21-19-17-15-13-11-9-7-2/h8,10,14,16,20,22,26,28,32,34,36-37,39-40,42-43,46,48,52,54,58,60,67,69,74-75,79H,6-7,9,11-13,15,17-19,21,23-25,27,29-31,33,35,38,41,44-45,47,49-51,53,55-57,59,61-66,68,70-73H2,1-5H3,(H-,77,80,81,82)/p+1/b10-8-,16-14-,22-20-,28-26-,34-32-,37-36-,40-39-,43-42-,48-46-,54-52-,60-58-,69-67+. The maximum Gasteiger partial charge on any atom is 0.472 e. The number of aliphatic hydroxyl groups is 1. The Balaban J connectivity index is 4.24. The monoisotopic (exact) mass is 1200 g/mol. The number of nitrogens with one attached hydrogen (secondary N) is 1. The molecule has 1 amide bonds. The summed E-state index contributed by atoms with van der Waals surface area (Å²) in [6.45, 7) is 4.69. The fraction of sp³-hybridized carbons (Fsp3) is 0.671. The van der Waals surface area contributed by atoms with E-state index in [1.54, 1.807) is 6.08 Å². The maximum atomic E-state index is 13.0. The molecule has 0 aliphatic heterocycles. The van der Waals surface area contributed by atoms with Crippen molar-refractivity contribution in [1.29, 1.82) is 0 Å². The van der Waals surface area contributed by atoms with Gasteiger partial charge in [-0.3, -0.25) is 13.8 Å². The van der Waals surface area contributed by atoms with E-state index >= 15 is 0 Å². The molecule has 8 nitrogen and oxygen atoms in total. The second kappa shape index (κ2) is 64.8. The summed E-state index contributed by atoms with van der Waals surface area (Å²) in [4.78, 5) is 23.4. The van der Waals surface area contributed by atoms with E-state index in [4.69, 9.17) is 9.05 Å². The van der Waals surface area contributed by atoms with E-state index < -0.39 is 20.0 Å². The fourth-order valence-electron chi connectivity index (χ4n) is 9.46. The van der Waals surface area contributed by atoms with Crippen LogP contribution in [0.4, 0.5) is 0 Å². The summed E-state index contributed by atoms with van der Waals surface area (Å²) in [7, 11) is 1.53. The molecule has 0 bridgehead atoms. The molecule has 3 N–H and O–H groups in total. The lowest BCUT2D eigenvalue weighted by atomic mass is 10.0. The van der Waals surface area contributed by atoms with Crippen molar-refractivity contribution < 1.29 is 32.9 Å². The number of nitrogens with zero attached hydrogens (tertiary/aromatic N) is 1. The number of carbonyl (C=O) groups excluding carboxylic acids is 1. The van der Waals surface area contributed by atoms with Gasteiger partial charge < -0.3 is 19.8 Å². The molecule has 9 heteroatoms. The second-order valence-corrected chi connectivity index (χ2v) is 25.6. The van der Waals surface area contributed by atoms with Crippen molar-refractivity contribution >= 4 is 13.7 Å². The first-order chi connectivity index (χ1) is 41.5. The summed E-state index contributed by atoms with van der Waals surface area (Å²) in [5.41, 5.74) is 0. The maximum absolute atomic E-state index is 13.0. The highest BCUT2D eigenvalue weighted by atomic mass is 31.2. The molecular formula is C76H132N2O6P+. The summed E-state index contributed by atoms with van der Waals surface area (Å²) >= 11 is 0. The number of allylic oxidation sites excluding steroid dienone is 23. The first kappa shape index (κ1) is 81.4. The zero-order valence-electron chi connectivity index (χ0n) is 55.5. The highest BCUT2D eigenvalue weighted by Gasteiger charge is 2.28. The summed E-state index contributed by atoms with van der Waals surface area (Å²) in [6, 6.07) is -0.877. The van der Waals surface area contributed by atoms with Crippen molar-refractivity contribution in [1.82, 2.24) is 5.32 Å². The Kier molecular flexibility index (Phi) is 62.1. The molecule has 0 spiro atoms. The van der Waals surface area contributed by atoms with E-state index in [0.29, 0.717) is 23.9 Å². The largest absolute Gasteiger partial charge is 0.472 e. The number of quaternary nitrogens is 1. The Hall–Kier alpha value is -3.62. The fourth-order valence-corrected chi connectivity index (χ4v) is 10.2. The van der Waals surface area contributed by atoms with Crippen molar-refractivity contribution in [3.63, 3.8) is 0 Å². The van der Waals surface area contributed by atoms with Gasteiger partial charge in [0.05, 0.1) is 39.9 Å². The highest BCUT2D eigenvalue weighted by Crippen LogP contribution is 2.43. The van der Waals surface area contributed by atoms with Crippen LogP contribution >= 0.6 is 7.82 Å². The molecule has 0 heterocycles. The topological polar surface area (TPSA) is 105 Å². The minimum Gasteiger partial charge on any atom is -0.387 e. The molecule has 0 fully saturated rings. The third-order valence-electron chi connectivity index (χ3n) is 14.8. The van der Waals surface area contributed by atoms with Crippen LogP contribution in [0, 0.1) is 0 Å². The predicted octanol–water partition coefficient (Wildman–Crippen LogP) is 22.4. The van der Waals surface area contributed by atoms with Crippen molar-refractivity contribution in [2.45, 2.75) is 289 Å². The molecule has 3 atom stereocenters. The molecule has 486 valence electrons. The third kappa shape index (κ3) is 67.7. The molecule has 0 aromatic heterocycles. The van der Waals surface area contributed by atoms with Crippen LogP contribution < -0.4 is 5.32 Å². The normalized spacial score (nSPS) is 14.6. The van der Waals surface area contributed by atoms with E-state index in [9.17, 15) is 19.4 Å². The van der Waals surface area contributed by atoms with Crippen LogP contribution in [0.25, 0.3) is 0 Å². The van der Waals surface area contributed by atoms with Crippen molar-refractivity contribution in [2.75, 3.05) is 40.9 Å². The Labute approximate surface area is 525 Å². The van der Waals surface area contributed by atoms with Gasteiger partial charge in [-0.2, -0.15) is 0 Å². The van der Waals surface area contributed by atoms with E-state index in [2.05, 4.69) is 153 Å². The van der Waals surface area contributed by atoms with Gasteiger partial charge in [0.2, 0.25) is 5.91 Å². The molecule has 0 radical (unpaired) electrons. The predicted molar refractivity (Wildman–Crippen MR) is 373 cm³/mol. The summed E-state index contributed by atoms with van der Waals surface area (Å²) in [5.74, 6) is -0.212. The number of amides is 1. The van der Waals surface area contributed by atoms with Gasteiger partial charge in [0.15, 0.2) is 0 Å². The van der Waals surface area contributed by atoms with Gasteiger partial charge in [0.25, 0.3) is 0 Å². The van der Waals surface area contributed by atoms with Crippen LogP contribution in [-0.4, -0.2) is 73.4 Å². The van der Waals surface area contributed by atoms with Crippen LogP contribution in [0.15, 0.2) is 146 Å². The van der Waals surface area contributed by atoms with Gasteiger partial charge >= 0.3 is 7.82 Å². The second-order valence-electron chi connectivity index (χ2n) is 24.2. The SMILES string of the molecule is CC/C=C\C/C=C\C/C=C\C/C=C\C/C=C\C/C=C\C/C=C\C/C=C\C/C=C\C/C=C\C/C=C\CCCCCC(=O)NC(COP(=O)(O)OCC[N+](C)(C)C)C(O)/C=C/CCCCCCCCCCCCCCCCCCCCCCCCCC. The average Bonchev–Trinajstić information content (AvgIpc) is 3.49. The number of carbonyl (C=O) groups is 1. The number of hydrogen-bond donors (Lipinski definition) is 3. The van der Waals surface area contributed by atoms with E-state index in [1.807, 2.05) is 27.2 Å². The molecule has 0 aromatic rings. The zero-order valence-corrected chi connectivity index (χ0v) is 56.4. The Morgan fingerprint density at radius 3 is 1.04 bits per heavy atom. The van der Waals surface area contributed by atoms with Gasteiger partial charge in [-0.1, -0.05) is 314 Å². The summed E-state index contributed by atoms with van der Waals surface area (Å²) in [5, 5.41) is 14.0. The molecule has 0 saturated carbocycles. The Morgan fingerprint density at radius 1 is 0.412 bits per heavy atom. The lowest BCUT2D eigenvalue weighted by molar-refractivity contribution is -0.870. The third-order valence-corrected chi connectivity index (χ3v) is 15.8. The number of unbranched alkanes of at least 4 members (excludes halogenated alkanes) is 27. The van der Waals surface area contributed by atoms with Crippen LogP contribution in [0.5, 0.6) is 0 Å². The van der Waals surface area contributed by atoms with Gasteiger partial charge in [-0.05, 0) is 103 Å². The van der Waals surface area contributed by atoms with Crippen LogP contribution in [-0.2, 0) is 18.4 Å². The van der Waals surface area contributed by atoms with Gasteiger partial charge in [-0.15, -0.1) is 0 Å². The molecule has 0 aliphatic carbocycles. The minimum atomic E-state index is -4.37. The molecule has 85 heavy (non-hydrogen) atoms. The lowest BCUT2D eigenvalue weighted by Crippen LogP contribution is -2.45. The van der Waals surface area contributed by atoms with E-state index in [0.717, 1.165) is 109 Å². The van der Waals surface area contributed by atoms with Gasteiger partial charge in [0.1, 0.15) is 13.2 Å². The molecule has 0 rings (SSSR count). The summed E-state index contributed by atoms with van der Waals surface area (Å²) < 4.78 is 23.8. The lowest BCUT2D eigenvalue weighted by Gasteiger charge is -2.25. The van der Waals surface area contributed by atoms with E-state index in [-0.39, 0.29) is 19.1 Å². The van der Waals surface area contributed by atoms with Gasteiger partial charge in [0, 0.05) is 6.42 Å². The first-order valence-corrected chi connectivity index (χ1v) is 36.2. The molecular weight excluding hydrogens is 1070 g/mol. The van der Waals surface area contributed by atoms with Gasteiger partial charge in [-0.25, -0.2) is 4.57 Å². The molecule has 3 unspecified atom stereocenters. The number of aliphatic hydroxyl groups excluding tert-OH is 1. The summed E-state index contributed by atoms with van der Waals surface area (Å²) in [6.07, 6.45) is 99.8. The number of rotatable bonds is 62. The van der Waals surface area contributed by atoms with Crippen LogP contribution in [0.1, 0.15) is 277 Å². The molecule has 0 aromatic carbocycles. The highest BCUT2D eigenvalue weighted by molar-refractivity contribution is 7.47. The van der Waals surface area contributed by atoms with Crippen molar-refractivity contribution in [3.8, 4) is 0 Å². The number of likely N-dealkylation sites (N-methyl/N-ethyl adjacent to an activating group) is 1. The minimum absolute atomic E-state index is 0.0473. The van der Waals surface area contributed by atoms with Crippen LogP contribution in [0.2, 0.25) is 0 Å². The smallest absolute Gasteiger partial charge is 0.387 e. The molecule has 0 saturated heterocycles. The first-order valence-electron chi connectivity index (χ1n) is 34.7. The number of phosphoric acid groups is 1. The number of phosphoric ester groups is 1. The van der Waals surface area contributed by atoms with E-state index in [1.165, 1.54) is 141 Å². The van der Waals surface area contributed by atoms with Crippen molar-refractivity contribution in [2.24, 2.45) is 0 Å². The molecule has 0 aliphatic rings. The average molecular weight is 1200 g/mol. The zero-order chi connectivity index (χ0) is 61.9. The van der Waals surface area contributed by atoms with Crippen molar-refractivity contribution in [3.05, 3.63) is 146 Å². The van der Waals surface area contributed by atoms with Crippen LogP contribution in [0.3, 0.4) is 0 Å². The Morgan fingerprint density at radius 2 is 0.706 bits per heavy atom. The Bertz CT molecular complexity index is 1900.